The summed E-state index contributed by atoms with van der Waals surface area (Å²) in [7, 11) is 0. The largest absolute Gasteiger partial charge is 0.390 e. The summed E-state index contributed by atoms with van der Waals surface area (Å²) in [5.74, 6) is -0.0125. The van der Waals surface area contributed by atoms with Crippen molar-refractivity contribution < 1.29 is 9.90 Å². The zero-order valence-electron chi connectivity index (χ0n) is 20.9. The molecule has 2 aromatic carbocycles. The number of allylic oxidation sites excluding steroid dienone is 1. The monoisotopic (exact) mass is 501 g/mol. The standard InChI is InChI=1S/C29H37Cl2NO2/c1-7-16-29(6)18-24(21-10-9-11-23(31)17-21)26(20-12-14-22(30)15-13-20)32(27(29)33)25(8-2)19(3)28(4,5)34/h7,9-15,17,19,24-26,34H,1,8,16,18H2,2-6H3/t19?,24-,25?,26?,29+/m1/s1. The van der Waals surface area contributed by atoms with E-state index in [1.54, 1.807) is 0 Å². The van der Waals surface area contributed by atoms with Gasteiger partial charge in [-0.15, -0.1) is 6.58 Å². The number of rotatable bonds is 8. The Balaban J connectivity index is 2.27. The topological polar surface area (TPSA) is 40.5 Å². The molecular formula is C29H37Cl2NO2. The fourth-order valence-electron chi connectivity index (χ4n) is 5.51. The van der Waals surface area contributed by atoms with Gasteiger partial charge in [0.2, 0.25) is 5.91 Å². The number of carbonyl (C=O) groups excluding carboxylic acids is 1. The first-order chi connectivity index (χ1) is 15.9. The first kappa shape index (κ1) is 26.8. The van der Waals surface area contributed by atoms with Gasteiger partial charge in [0, 0.05) is 27.9 Å². The number of hydrogen-bond acceptors (Lipinski definition) is 2. The molecule has 1 saturated heterocycles. The summed E-state index contributed by atoms with van der Waals surface area (Å²) >= 11 is 12.7. The number of nitrogens with zero attached hydrogens (tertiary/aromatic N) is 1. The molecule has 184 valence electrons. The summed E-state index contributed by atoms with van der Waals surface area (Å²) in [5.41, 5.74) is 0.587. The minimum atomic E-state index is -0.941. The Morgan fingerprint density at radius 1 is 1.18 bits per heavy atom. The van der Waals surface area contributed by atoms with Crippen LogP contribution in [0, 0.1) is 11.3 Å². The second-order valence-corrected chi connectivity index (χ2v) is 11.4. The molecule has 0 aromatic heterocycles. The van der Waals surface area contributed by atoms with Crippen LogP contribution in [-0.2, 0) is 4.79 Å². The van der Waals surface area contributed by atoms with Crippen LogP contribution in [0.1, 0.15) is 77.0 Å². The van der Waals surface area contributed by atoms with Crippen LogP contribution in [0.4, 0.5) is 0 Å². The van der Waals surface area contributed by atoms with Crippen LogP contribution in [0.2, 0.25) is 10.0 Å². The smallest absolute Gasteiger partial charge is 0.229 e. The first-order valence-corrected chi connectivity index (χ1v) is 12.9. The first-order valence-electron chi connectivity index (χ1n) is 12.1. The molecule has 1 fully saturated rings. The molecule has 3 nitrogen and oxygen atoms in total. The molecule has 3 unspecified atom stereocenters. The lowest BCUT2D eigenvalue weighted by molar-refractivity contribution is -0.159. The predicted octanol–water partition coefficient (Wildman–Crippen LogP) is 7.82. The molecule has 1 amide bonds. The number of amides is 1. The zero-order chi connectivity index (χ0) is 25.3. The number of carbonyl (C=O) groups is 1. The fraction of sp³-hybridized carbons (Fsp3) is 0.483. The molecule has 0 bridgehead atoms. The number of aliphatic hydroxyl groups is 1. The average molecular weight is 503 g/mol. The highest BCUT2D eigenvalue weighted by atomic mass is 35.5. The van der Waals surface area contributed by atoms with E-state index in [0.29, 0.717) is 22.9 Å². The van der Waals surface area contributed by atoms with Crippen LogP contribution < -0.4 is 0 Å². The van der Waals surface area contributed by atoms with E-state index in [-0.39, 0.29) is 29.8 Å². The summed E-state index contributed by atoms with van der Waals surface area (Å²) in [6, 6.07) is 15.4. The summed E-state index contributed by atoms with van der Waals surface area (Å²) in [6.07, 6.45) is 3.83. The summed E-state index contributed by atoms with van der Waals surface area (Å²) in [6.45, 7) is 13.8. The molecule has 0 spiro atoms. The lowest BCUT2D eigenvalue weighted by Gasteiger charge is -2.54. The van der Waals surface area contributed by atoms with E-state index in [0.717, 1.165) is 17.5 Å². The van der Waals surface area contributed by atoms with E-state index in [2.05, 4.69) is 24.5 Å². The van der Waals surface area contributed by atoms with Crippen molar-refractivity contribution in [3.05, 3.63) is 82.4 Å². The molecule has 1 aliphatic rings. The normalized spacial score (nSPS) is 25.2. The summed E-state index contributed by atoms with van der Waals surface area (Å²) < 4.78 is 0. The van der Waals surface area contributed by atoms with Gasteiger partial charge in [0.1, 0.15) is 0 Å². The summed E-state index contributed by atoms with van der Waals surface area (Å²) in [5, 5.41) is 12.3. The van der Waals surface area contributed by atoms with E-state index >= 15 is 0 Å². The number of likely N-dealkylation sites (tertiary alicyclic amines) is 1. The Morgan fingerprint density at radius 3 is 2.35 bits per heavy atom. The lowest BCUT2D eigenvalue weighted by atomic mass is 9.66. The van der Waals surface area contributed by atoms with E-state index in [4.69, 9.17) is 23.2 Å². The highest BCUT2D eigenvalue weighted by molar-refractivity contribution is 6.30. The Labute approximate surface area is 214 Å². The van der Waals surface area contributed by atoms with Crippen LogP contribution in [0.15, 0.2) is 61.2 Å². The maximum atomic E-state index is 14.3. The molecule has 2 aromatic rings. The quantitative estimate of drug-likeness (QED) is 0.374. The molecule has 0 aliphatic carbocycles. The molecule has 1 N–H and O–H groups in total. The minimum Gasteiger partial charge on any atom is -0.390 e. The number of benzene rings is 2. The Hall–Kier alpha value is -1.81. The van der Waals surface area contributed by atoms with Gasteiger partial charge in [-0.2, -0.15) is 0 Å². The van der Waals surface area contributed by atoms with Crippen LogP contribution in [0.25, 0.3) is 0 Å². The third kappa shape index (κ3) is 5.37. The molecule has 0 radical (unpaired) electrons. The second kappa shape index (κ2) is 10.4. The van der Waals surface area contributed by atoms with Gasteiger partial charge in [-0.1, -0.05) is 74.3 Å². The van der Waals surface area contributed by atoms with Gasteiger partial charge in [0.05, 0.1) is 17.1 Å². The van der Waals surface area contributed by atoms with Gasteiger partial charge in [-0.3, -0.25) is 4.79 Å². The SMILES string of the molecule is C=CC[C@@]1(C)C[C@H](c2cccc(Cl)c2)C(c2ccc(Cl)cc2)N(C(CC)C(C)C(C)(C)O)C1=O. The van der Waals surface area contributed by atoms with Crippen molar-refractivity contribution in [2.75, 3.05) is 0 Å². The van der Waals surface area contributed by atoms with Gasteiger partial charge in [0.15, 0.2) is 0 Å². The molecule has 5 atom stereocenters. The highest BCUT2D eigenvalue weighted by Crippen LogP contribution is 2.53. The Bertz CT molecular complexity index is 1010. The molecule has 1 aliphatic heterocycles. The third-order valence-electron chi connectivity index (χ3n) is 7.65. The molecule has 1 heterocycles. The number of hydrogen-bond donors (Lipinski definition) is 1. The van der Waals surface area contributed by atoms with Crippen molar-refractivity contribution in [3.8, 4) is 0 Å². The molecule has 3 rings (SSSR count). The molecular weight excluding hydrogens is 465 g/mol. The van der Waals surface area contributed by atoms with Crippen molar-refractivity contribution in [2.45, 2.75) is 77.5 Å². The van der Waals surface area contributed by atoms with Crippen molar-refractivity contribution in [1.29, 1.82) is 0 Å². The average Bonchev–Trinajstić information content (AvgIpc) is 2.77. The molecule has 34 heavy (non-hydrogen) atoms. The third-order valence-corrected chi connectivity index (χ3v) is 8.14. The number of halogens is 2. The van der Waals surface area contributed by atoms with E-state index in [1.807, 2.05) is 76.2 Å². The van der Waals surface area contributed by atoms with E-state index in [1.165, 1.54) is 0 Å². The maximum absolute atomic E-state index is 14.3. The predicted molar refractivity (Wildman–Crippen MR) is 142 cm³/mol. The van der Waals surface area contributed by atoms with Crippen molar-refractivity contribution in [3.63, 3.8) is 0 Å². The minimum absolute atomic E-state index is 0.0191. The van der Waals surface area contributed by atoms with Gasteiger partial charge >= 0.3 is 0 Å². The fourth-order valence-corrected chi connectivity index (χ4v) is 5.84. The molecule has 5 heteroatoms. The van der Waals surface area contributed by atoms with Gasteiger partial charge < -0.3 is 10.0 Å². The van der Waals surface area contributed by atoms with Crippen molar-refractivity contribution >= 4 is 29.1 Å². The maximum Gasteiger partial charge on any atom is 0.229 e. The Morgan fingerprint density at radius 2 is 1.82 bits per heavy atom. The van der Waals surface area contributed by atoms with Crippen LogP contribution >= 0.6 is 23.2 Å². The molecule has 0 saturated carbocycles. The van der Waals surface area contributed by atoms with Crippen molar-refractivity contribution in [2.24, 2.45) is 11.3 Å². The van der Waals surface area contributed by atoms with Crippen LogP contribution in [-0.4, -0.2) is 27.6 Å². The van der Waals surface area contributed by atoms with E-state index < -0.39 is 11.0 Å². The van der Waals surface area contributed by atoms with Crippen LogP contribution in [0.3, 0.4) is 0 Å². The van der Waals surface area contributed by atoms with Crippen LogP contribution in [0.5, 0.6) is 0 Å². The van der Waals surface area contributed by atoms with Gasteiger partial charge in [-0.05, 0) is 68.5 Å². The Kier molecular flexibility index (Phi) is 8.22. The highest BCUT2D eigenvalue weighted by Gasteiger charge is 2.52. The number of piperidine rings is 1. The van der Waals surface area contributed by atoms with Gasteiger partial charge in [0.25, 0.3) is 0 Å². The van der Waals surface area contributed by atoms with Crippen molar-refractivity contribution in [1.82, 2.24) is 4.90 Å². The second-order valence-electron chi connectivity index (χ2n) is 10.5. The van der Waals surface area contributed by atoms with E-state index in [9.17, 15) is 9.90 Å². The van der Waals surface area contributed by atoms with Gasteiger partial charge in [-0.25, -0.2) is 0 Å². The zero-order valence-corrected chi connectivity index (χ0v) is 22.4. The lowest BCUT2D eigenvalue weighted by Crippen LogP contribution is -2.59. The summed E-state index contributed by atoms with van der Waals surface area (Å²) in [4.78, 5) is 16.4.